The van der Waals surface area contributed by atoms with E-state index in [1.807, 2.05) is 6.92 Å². The first-order chi connectivity index (χ1) is 8.59. The van der Waals surface area contributed by atoms with Gasteiger partial charge in [-0.2, -0.15) is 0 Å². The van der Waals surface area contributed by atoms with E-state index in [-0.39, 0.29) is 42.2 Å². The number of carbonyl (C=O) groups excluding carboxylic acids is 1. The molecule has 120 valence electrons. The predicted molar refractivity (Wildman–Crippen MR) is 87.7 cm³/mol. The molecule has 1 spiro atoms. The summed E-state index contributed by atoms with van der Waals surface area (Å²) in [5, 5.41) is 0. The fraction of sp³-hybridized carbons (Fsp3) is 0.929. The summed E-state index contributed by atoms with van der Waals surface area (Å²) in [6, 6.07) is 0. The predicted octanol–water partition coefficient (Wildman–Crippen LogP) is 1.90. The van der Waals surface area contributed by atoms with Crippen molar-refractivity contribution in [2.45, 2.75) is 44.6 Å². The van der Waals surface area contributed by atoms with Gasteiger partial charge in [0, 0.05) is 32.1 Å². The normalized spacial score (nSPS) is 23.6. The van der Waals surface area contributed by atoms with E-state index in [4.69, 9.17) is 5.73 Å². The standard InChI is InChI=1S/C14H27N3O.2ClH/c1-12(10-15)13(18)17-9-8-16(2)11-14(17)6-4-3-5-7-14;;/h12H,3-11,15H2,1-2H3;2*1H. The van der Waals surface area contributed by atoms with Crippen LogP contribution >= 0.6 is 24.8 Å². The molecule has 2 rings (SSSR count). The molecule has 0 aromatic rings. The first kappa shape index (κ1) is 20.0. The van der Waals surface area contributed by atoms with Crippen molar-refractivity contribution in [3.05, 3.63) is 0 Å². The zero-order chi connectivity index (χ0) is 13.2. The Kier molecular flexibility index (Phi) is 8.41. The van der Waals surface area contributed by atoms with Gasteiger partial charge in [-0.05, 0) is 19.9 Å². The number of carbonyl (C=O) groups is 1. The molecule has 0 aromatic heterocycles. The Morgan fingerprint density at radius 3 is 2.35 bits per heavy atom. The van der Waals surface area contributed by atoms with E-state index in [1.165, 1.54) is 32.1 Å². The summed E-state index contributed by atoms with van der Waals surface area (Å²) in [6.45, 7) is 5.32. The van der Waals surface area contributed by atoms with Crippen molar-refractivity contribution in [3.8, 4) is 0 Å². The second-order valence-corrected chi connectivity index (χ2v) is 6.15. The summed E-state index contributed by atoms with van der Waals surface area (Å²) in [5.41, 5.74) is 5.77. The zero-order valence-corrected chi connectivity index (χ0v) is 14.3. The van der Waals surface area contributed by atoms with Gasteiger partial charge in [-0.3, -0.25) is 4.79 Å². The van der Waals surface area contributed by atoms with Gasteiger partial charge in [-0.1, -0.05) is 26.2 Å². The molecule has 1 heterocycles. The largest absolute Gasteiger partial charge is 0.334 e. The highest BCUT2D eigenvalue weighted by Gasteiger charge is 2.44. The Labute approximate surface area is 135 Å². The van der Waals surface area contributed by atoms with Crippen LogP contribution in [0.4, 0.5) is 0 Å². The van der Waals surface area contributed by atoms with Gasteiger partial charge in [-0.15, -0.1) is 24.8 Å². The molecule has 1 aliphatic heterocycles. The lowest BCUT2D eigenvalue weighted by Gasteiger charge is -2.52. The summed E-state index contributed by atoms with van der Waals surface area (Å²) in [7, 11) is 2.17. The molecule has 1 unspecified atom stereocenters. The monoisotopic (exact) mass is 325 g/mol. The minimum atomic E-state index is -0.0350. The van der Waals surface area contributed by atoms with Crippen molar-refractivity contribution in [2.75, 3.05) is 33.2 Å². The minimum Gasteiger partial charge on any atom is -0.334 e. The van der Waals surface area contributed by atoms with Gasteiger partial charge >= 0.3 is 0 Å². The van der Waals surface area contributed by atoms with E-state index < -0.39 is 0 Å². The second-order valence-electron chi connectivity index (χ2n) is 6.15. The van der Waals surface area contributed by atoms with Crippen LogP contribution in [0.2, 0.25) is 0 Å². The highest BCUT2D eigenvalue weighted by atomic mass is 35.5. The molecule has 1 aliphatic carbocycles. The summed E-state index contributed by atoms with van der Waals surface area (Å²) >= 11 is 0. The maximum absolute atomic E-state index is 12.5. The first-order valence-electron chi connectivity index (χ1n) is 7.29. The molecule has 2 N–H and O–H groups in total. The molecule has 0 bridgehead atoms. The molecule has 1 saturated carbocycles. The number of nitrogens with zero attached hydrogens (tertiary/aromatic N) is 2. The number of hydrogen-bond acceptors (Lipinski definition) is 3. The molecule has 0 radical (unpaired) electrons. The van der Waals surface area contributed by atoms with Gasteiger partial charge in [0.1, 0.15) is 0 Å². The number of halogens is 2. The average molecular weight is 326 g/mol. The average Bonchev–Trinajstić information content (AvgIpc) is 2.38. The van der Waals surface area contributed by atoms with Crippen LogP contribution < -0.4 is 5.73 Å². The molecule has 1 saturated heterocycles. The maximum atomic E-state index is 12.5. The summed E-state index contributed by atoms with van der Waals surface area (Å²) in [5.74, 6) is 0.236. The highest BCUT2D eigenvalue weighted by Crippen LogP contribution is 2.36. The third-order valence-corrected chi connectivity index (χ3v) is 4.67. The second kappa shape index (κ2) is 8.42. The molecule has 2 fully saturated rings. The van der Waals surface area contributed by atoms with Crippen LogP contribution in [0.3, 0.4) is 0 Å². The third-order valence-electron chi connectivity index (χ3n) is 4.67. The van der Waals surface area contributed by atoms with Crippen LogP contribution in [0.1, 0.15) is 39.0 Å². The molecule has 2 aliphatic rings. The molecule has 1 amide bonds. The minimum absolute atomic E-state index is 0. The van der Waals surface area contributed by atoms with Gasteiger partial charge in [0.15, 0.2) is 0 Å². The lowest BCUT2D eigenvalue weighted by molar-refractivity contribution is -0.147. The SMILES string of the molecule is CC(CN)C(=O)N1CCN(C)CC12CCCCC2.Cl.Cl. The number of piperazine rings is 1. The van der Waals surface area contributed by atoms with Gasteiger partial charge in [0.2, 0.25) is 5.91 Å². The van der Waals surface area contributed by atoms with Gasteiger partial charge in [0.05, 0.1) is 5.54 Å². The van der Waals surface area contributed by atoms with Crippen LogP contribution in [0.25, 0.3) is 0 Å². The Hall–Kier alpha value is -0.0300. The van der Waals surface area contributed by atoms with Crippen molar-refractivity contribution < 1.29 is 4.79 Å². The van der Waals surface area contributed by atoms with E-state index in [2.05, 4.69) is 16.8 Å². The Morgan fingerprint density at radius 2 is 1.80 bits per heavy atom. The molecular weight excluding hydrogens is 297 g/mol. The van der Waals surface area contributed by atoms with Crippen LogP contribution in [-0.4, -0.2) is 54.5 Å². The van der Waals surface area contributed by atoms with Gasteiger partial charge < -0.3 is 15.5 Å². The number of hydrogen-bond donors (Lipinski definition) is 1. The van der Waals surface area contributed by atoms with E-state index in [0.29, 0.717) is 6.54 Å². The van der Waals surface area contributed by atoms with Crippen LogP contribution in [0.15, 0.2) is 0 Å². The van der Waals surface area contributed by atoms with Crippen LogP contribution in [0, 0.1) is 5.92 Å². The van der Waals surface area contributed by atoms with Gasteiger partial charge in [0.25, 0.3) is 0 Å². The number of likely N-dealkylation sites (N-methyl/N-ethyl adjacent to an activating group) is 1. The smallest absolute Gasteiger partial charge is 0.227 e. The number of amides is 1. The van der Waals surface area contributed by atoms with E-state index in [1.54, 1.807) is 0 Å². The lowest BCUT2D eigenvalue weighted by atomic mass is 9.78. The third kappa shape index (κ3) is 4.00. The zero-order valence-electron chi connectivity index (χ0n) is 12.6. The fourth-order valence-electron chi connectivity index (χ4n) is 3.52. The Bertz CT molecular complexity index is 309. The molecule has 0 aromatic carbocycles. The van der Waals surface area contributed by atoms with Crippen molar-refractivity contribution in [3.63, 3.8) is 0 Å². The Balaban J connectivity index is 0.00000180. The number of nitrogens with two attached hydrogens (primary N) is 1. The molecule has 1 atom stereocenters. The fourth-order valence-corrected chi connectivity index (χ4v) is 3.52. The lowest BCUT2D eigenvalue weighted by Crippen LogP contribution is -2.64. The summed E-state index contributed by atoms with van der Waals surface area (Å²) in [4.78, 5) is 17.1. The molecule has 6 heteroatoms. The quantitative estimate of drug-likeness (QED) is 0.843. The molecular formula is C14H29Cl2N3O. The van der Waals surface area contributed by atoms with Crippen molar-refractivity contribution in [2.24, 2.45) is 11.7 Å². The summed E-state index contributed by atoms with van der Waals surface area (Å²) in [6.07, 6.45) is 6.17. The van der Waals surface area contributed by atoms with Crippen molar-refractivity contribution in [1.29, 1.82) is 0 Å². The summed E-state index contributed by atoms with van der Waals surface area (Å²) < 4.78 is 0. The van der Waals surface area contributed by atoms with Crippen molar-refractivity contribution >= 4 is 30.7 Å². The molecule has 4 nitrogen and oxygen atoms in total. The van der Waals surface area contributed by atoms with E-state index in [0.717, 1.165) is 19.6 Å². The van der Waals surface area contributed by atoms with E-state index in [9.17, 15) is 4.79 Å². The van der Waals surface area contributed by atoms with Gasteiger partial charge in [-0.25, -0.2) is 0 Å². The number of rotatable bonds is 2. The van der Waals surface area contributed by atoms with Crippen LogP contribution in [0.5, 0.6) is 0 Å². The topological polar surface area (TPSA) is 49.6 Å². The van der Waals surface area contributed by atoms with Crippen molar-refractivity contribution in [1.82, 2.24) is 9.80 Å². The van der Waals surface area contributed by atoms with Crippen LogP contribution in [-0.2, 0) is 4.79 Å². The maximum Gasteiger partial charge on any atom is 0.227 e. The van der Waals surface area contributed by atoms with E-state index >= 15 is 0 Å². The molecule has 20 heavy (non-hydrogen) atoms. The Morgan fingerprint density at radius 1 is 1.20 bits per heavy atom. The highest BCUT2D eigenvalue weighted by molar-refractivity contribution is 5.85. The first-order valence-corrected chi connectivity index (χ1v) is 7.29.